The van der Waals surface area contributed by atoms with Crippen molar-refractivity contribution in [3.05, 3.63) is 11.8 Å². The maximum atomic E-state index is 11.6. The predicted molar refractivity (Wildman–Crippen MR) is 51.9 cm³/mol. The second-order valence-electron chi connectivity index (χ2n) is 3.47. The molecule has 7 heteroatoms. The standard InChI is InChI=1S/C7H12N4O2S/c1-5-4-11(9-7(5)8)14(12,13)10-6-2-3-6/h4,6,10H,2-3H2,1H3,(H2,8,9). The van der Waals surface area contributed by atoms with E-state index in [0.29, 0.717) is 5.56 Å². The second kappa shape index (κ2) is 2.96. The normalized spacial score (nSPS) is 17.2. The van der Waals surface area contributed by atoms with E-state index in [9.17, 15) is 8.42 Å². The summed E-state index contributed by atoms with van der Waals surface area (Å²) in [5.41, 5.74) is 6.12. The molecule has 0 radical (unpaired) electrons. The minimum absolute atomic E-state index is 0.0748. The molecule has 1 aliphatic rings. The van der Waals surface area contributed by atoms with Crippen molar-refractivity contribution in [3.63, 3.8) is 0 Å². The van der Waals surface area contributed by atoms with Gasteiger partial charge in [0.1, 0.15) is 5.82 Å². The first-order valence-electron chi connectivity index (χ1n) is 4.33. The van der Waals surface area contributed by atoms with Crippen molar-refractivity contribution in [2.24, 2.45) is 0 Å². The predicted octanol–water partition coefficient (Wildman–Crippen LogP) is -0.381. The van der Waals surface area contributed by atoms with E-state index < -0.39 is 10.2 Å². The Morgan fingerprint density at radius 2 is 2.29 bits per heavy atom. The van der Waals surface area contributed by atoms with E-state index in [2.05, 4.69) is 9.82 Å². The zero-order chi connectivity index (χ0) is 10.3. The van der Waals surface area contributed by atoms with Crippen molar-refractivity contribution >= 4 is 16.0 Å². The number of hydrogen-bond donors (Lipinski definition) is 2. The maximum absolute atomic E-state index is 11.6. The first-order valence-corrected chi connectivity index (χ1v) is 5.77. The Balaban J connectivity index is 2.28. The van der Waals surface area contributed by atoms with Crippen molar-refractivity contribution in [2.75, 3.05) is 5.73 Å². The highest BCUT2D eigenvalue weighted by atomic mass is 32.2. The van der Waals surface area contributed by atoms with Gasteiger partial charge in [0, 0.05) is 17.8 Å². The highest BCUT2D eigenvalue weighted by molar-refractivity contribution is 7.87. The summed E-state index contributed by atoms with van der Waals surface area (Å²) >= 11 is 0. The van der Waals surface area contributed by atoms with Crippen LogP contribution in [-0.2, 0) is 10.2 Å². The fourth-order valence-corrected chi connectivity index (χ4v) is 2.29. The molecule has 2 rings (SSSR count). The number of nitrogen functional groups attached to an aromatic ring is 1. The van der Waals surface area contributed by atoms with Gasteiger partial charge in [-0.15, -0.1) is 5.10 Å². The Morgan fingerprint density at radius 3 is 2.71 bits per heavy atom. The maximum Gasteiger partial charge on any atom is 0.320 e. The molecule has 1 fully saturated rings. The number of nitrogens with two attached hydrogens (primary N) is 1. The van der Waals surface area contributed by atoms with Crippen LogP contribution < -0.4 is 10.5 Å². The lowest BCUT2D eigenvalue weighted by Crippen LogP contribution is -2.31. The summed E-state index contributed by atoms with van der Waals surface area (Å²) in [5.74, 6) is 0.242. The largest absolute Gasteiger partial charge is 0.382 e. The number of rotatable bonds is 3. The molecule has 78 valence electrons. The van der Waals surface area contributed by atoms with E-state index in [1.54, 1.807) is 6.92 Å². The molecule has 0 atom stereocenters. The SMILES string of the molecule is Cc1cn(S(=O)(=O)NC2CC2)nc1N. The summed E-state index contributed by atoms with van der Waals surface area (Å²) in [6.45, 7) is 1.71. The number of aromatic nitrogens is 2. The summed E-state index contributed by atoms with van der Waals surface area (Å²) < 4.78 is 26.6. The van der Waals surface area contributed by atoms with Gasteiger partial charge >= 0.3 is 10.2 Å². The van der Waals surface area contributed by atoms with E-state index in [1.807, 2.05) is 0 Å². The molecule has 1 aromatic heterocycles. The number of nitrogens with zero attached hydrogens (tertiary/aromatic N) is 2. The molecule has 1 aromatic rings. The summed E-state index contributed by atoms with van der Waals surface area (Å²) in [5, 5.41) is 3.71. The topological polar surface area (TPSA) is 90.0 Å². The average molecular weight is 216 g/mol. The van der Waals surface area contributed by atoms with Gasteiger partial charge in [-0.05, 0) is 19.8 Å². The molecule has 0 saturated heterocycles. The van der Waals surface area contributed by atoms with Crippen LogP contribution in [-0.4, -0.2) is 23.6 Å². The molecule has 6 nitrogen and oxygen atoms in total. The van der Waals surface area contributed by atoms with Crippen molar-refractivity contribution in [2.45, 2.75) is 25.8 Å². The number of aryl methyl sites for hydroxylation is 1. The van der Waals surface area contributed by atoms with Gasteiger partial charge in [0.05, 0.1) is 0 Å². The Bertz CT molecular complexity index is 427. The smallest absolute Gasteiger partial charge is 0.320 e. The van der Waals surface area contributed by atoms with Gasteiger partial charge in [0.2, 0.25) is 0 Å². The molecule has 0 aromatic carbocycles. The number of hydrogen-bond acceptors (Lipinski definition) is 4. The first-order chi connectivity index (χ1) is 6.49. The fourth-order valence-electron chi connectivity index (χ4n) is 1.03. The van der Waals surface area contributed by atoms with Crippen molar-refractivity contribution < 1.29 is 8.42 Å². The summed E-state index contributed by atoms with van der Waals surface area (Å²) in [6.07, 6.45) is 3.20. The first kappa shape index (κ1) is 9.47. The quantitative estimate of drug-likeness (QED) is 0.720. The molecule has 0 amide bonds. The molecule has 0 aliphatic heterocycles. The van der Waals surface area contributed by atoms with Crippen LogP contribution in [0.4, 0.5) is 5.82 Å². The van der Waals surface area contributed by atoms with E-state index >= 15 is 0 Å². The molecule has 1 saturated carbocycles. The van der Waals surface area contributed by atoms with Gasteiger partial charge in [-0.3, -0.25) is 0 Å². The van der Waals surface area contributed by atoms with Crippen LogP contribution in [0.15, 0.2) is 6.20 Å². The zero-order valence-corrected chi connectivity index (χ0v) is 8.58. The lowest BCUT2D eigenvalue weighted by molar-refractivity contribution is 0.564. The average Bonchev–Trinajstić information content (AvgIpc) is 2.79. The van der Waals surface area contributed by atoms with Gasteiger partial charge in [0.25, 0.3) is 0 Å². The van der Waals surface area contributed by atoms with E-state index in [0.717, 1.165) is 16.9 Å². The van der Waals surface area contributed by atoms with Gasteiger partial charge in [0.15, 0.2) is 0 Å². The molecule has 3 N–H and O–H groups in total. The summed E-state index contributed by atoms with van der Waals surface area (Å²) in [7, 11) is -3.52. The van der Waals surface area contributed by atoms with Gasteiger partial charge in [-0.2, -0.15) is 17.2 Å². The fraction of sp³-hybridized carbons (Fsp3) is 0.571. The third-order valence-corrected chi connectivity index (χ3v) is 3.36. The van der Waals surface area contributed by atoms with Gasteiger partial charge in [-0.25, -0.2) is 0 Å². The lowest BCUT2D eigenvalue weighted by atomic mass is 10.4. The summed E-state index contributed by atoms with van der Waals surface area (Å²) in [6, 6.07) is 0.0748. The van der Waals surface area contributed by atoms with E-state index in [1.165, 1.54) is 6.20 Å². The Kier molecular flexibility index (Phi) is 2.00. The van der Waals surface area contributed by atoms with Crippen LogP contribution in [0.1, 0.15) is 18.4 Å². The van der Waals surface area contributed by atoms with Crippen LogP contribution in [0.25, 0.3) is 0 Å². The monoisotopic (exact) mass is 216 g/mol. The molecule has 1 aliphatic carbocycles. The molecule has 0 unspecified atom stereocenters. The number of nitrogens with one attached hydrogen (secondary N) is 1. The van der Waals surface area contributed by atoms with Crippen molar-refractivity contribution in [3.8, 4) is 0 Å². The lowest BCUT2D eigenvalue weighted by Gasteiger charge is -2.03. The zero-order valence-electron chi connectivity index (χ0n) is 7.77. The highest BCUT2D eigenvalue weighted by Crippen LogP contribution is 2.20. The van der Waals surface area contributed by atoms with E-state index in [4.69, 9.17) is 5.73 Å². The van der Waals surface area contributed by atoms with E-state index in [-0.39, 0.29) is 11.9 Å². The molecule has 0 spiro atoms. The van der Waals surface area contributed by atoms with Crippen LogP contribution in [0.5, 0.6) is 0 Å². The van der Waals surface area contributed by atoms with Crippen molar-refractivity contribution in [1.29, 1.82) is 0 Å². The van der Waals surface area contributed by atoms with Crippen LogP contribution in [0.3, 0.4) is 0 Å². The second-order valence-corrected chi connectivity index (χ2v) is 5.03. The molecule has 14 heavy (non-hydrogen) atoms. The molecular formula is C7H12N4O2S. The van der Waals surface area contributed by atoms with Crippen LogP contribution in [0.2, 0.25) is 0 Å². The van der Waals surface area contributed by atoms with Gasteiger partial charge < -0.3 is 5.73 Å². The number of anilines is 1. The minimum atomic E-state index is -3.52. The van der Waals surface area contributed by atoms with Crippen LogP contribution >= 0.6 is 0 Å². The molecule has 0 bridgehead atoms. The van der Waals surface area contributed by atoms with Crippen molar-refractivity contribution in [1.82, 2.24) is 13.9 Å². The Labute approximate surface area is 82.3 Å². The summed E-state index contributed by atoms with van der Waals surface area (Å²) in [4.78, 5) is 0. The molecular weight excluding hydrogens is 204 g/mol. The third-order valence-electron chi connectivity index (χ3n) is 2.05. The Morgan fingerprint density at radius 1 is 1.64 bits per heavy atom. The highest BCUT2D eigenvalue weighted by Gasteiger charge is 2.28. The third kappa shape index (κ3) is 1.73. The molecule has 1 heterocycles. The van der Waals surface area contributed by atoms with Crippen LogP contribution in [0, 0.1) is 6.92 Å². The van der Waals surface area contributed by atoms with Gasteiger partial charge in [-0.1, -0.05) is 0 Å². The Hall–Kier alpha value is -1.08. The minimum Gasteiger partial charge on any atom is -0.382 e.